The first kappa shape index (κ1) is 18.2. The first-order valence-corrected chi connectivity index (χ1v) is 10.1. The quantitative estimate of drug-likeness (QED) is 0.444. The molecule has 3 aromatic carbocycles. The number of imidazole rings is 1. The van der Waals surface area contributed by atoms with E-state index >= 15 is 0 Å². The van der Waals surface area contributed by atoms with Crippen molar-refractivity contribution >= 4 is 27.8 Å². The predicted octanol–water partition coefficient (Wildman–Crippen LogP) is 4.54. The molecule has 1 amide bonds. The second-order valence-electron chi connectivity index (χ2n) is 7.34. The lowest BCUT2D eigenvalue weighted by molar-refractivity contribution is -0.121. The van der Waals surface area contributed by atoms with Crippen molar-refractivity contribution in [3.63, 3.8) is 0 Å². The van der Waals surface area contributed by atoms with Gasteiger partial charge in [0.05, 0.1) is 11.0 Å². The van der Waals surface area contributed by atoms with Crippen LogP contribution in [0.5, 0.6) is 0 Å². The van der Waals surface area contributed by atoms with Crippen molar-refractivity contribution in [1.82, 2.24) is 19.9 Å². The fraction of sp³-hybridized carbons (Fsp3) is 0.120. The standard InChI is InChI=1S/C25H22N4O/c30-25(26-15-14-24-27-20-11-5-6-12-21(20)28-24)17-29-22-13-7-4-10-19(22)16-23(29)18-8-2-1-3-9-18/h1-13,16H,14-15,17H2,(H,26,30)(H,27,28). The van der Waals surface area contributed by atoms with E-state index in [1.807, 2.05) is 54.6 Å². The molecule has 0 bridgehead atoms. The Labute approximate surface area is 174 Å². The molecule has 0 saturated carbocycles. The van der Waals surface area contributed by atoms with E-state index in [0.717, 1.165) is 39.0 Å². The molecule has 0 aliphatic rings. The van der Waals surface area contributed by atoms with Crippen LogP contribution in [0, 0.1) is 0 Å². The number of fused-ring (bicyclic) bond motifs is 2. The molecule has 5 rings (SSSR count). The maximum atomic E-state index is 12.7. The lowest BCUT2D eigenvalue weighted by Crippen LogP contribution is -2.29. The molecule has 30 heavy (non-hydrogen) atoms. The molecular weight excluding hydrogens is 372 g/mol. The van der Waals surface area contributed by atoms with Crippen molar-refractivity contribution in [1.29, 1.82) is 0 Å². The lowest BCUT2D eigenvalue weighted by Gasteiger charge is -2.11. The van der Waals surface area contributed by atoms with Crippen LogP contribution in [-0.4, -0.2) is 27.0 Å². The van der Waals surface area contributed by atoms with Gasteiger partial charge in [-0.25, -0.2) is 4.98 Å². The van der Waals surface area contributed by atoms with Crippen LogP contribution in [0.2, 0.25) is 0 Å². The molecule has 0 unspecified atom stereocenters. The molecule has 2 N–H and O–H groups in total. The number of H-pyrrole nitrogens is 1. The number of nitrogens with zero attached hydrogens (tertiary/aromatic N) is 2. The number of aromatic amines is 1. The molecule has 0 atom stereocenters. The minimum Gasteiger partial charge on any atom is -0.354 e. The van der Waals surface area contributed by atoms with Gasteiger partial charge in [-0.05, 0) is 29.8 Å². The molecule has 5 aromatic rings. The summed E-state index contributed by atoms with van der Waals surface area (Å²) in [6, 6.07) is 28.4. The number of para-hydroxylation sites is 3. The van der Waals surface area contributed by atoms with E-state index in [2.05, 4.69) is 50.2 Å². The van der Waals surface area contributed by atoms with Gasteiger partial charge in [-0.2, -0.15) is 0 Å². The monoisotopic (exact) mass is 394 g/mol. The molecule has 0 radical (unpaired) electrons. The number of carbonyl (C=O) groups is 1. The third-order valence-corrected chi connectivity index (χ3v) is 5.30. The zero-order valence-electron chi connectivity index (χ0n) is 16.5. The van der Waals surface area contributed by atoms with E-state index in [1.54, 1.807) is 0 Å². The largest absolute Gasteiger partial charge is 0.354 e. The fourth-order valence-electron chi connectivity index (χ4n) is 3.87. The fourth-order valence-corrected chi connectivity index (χ4v) is 3.87. The molecule has 2 heterocycles. The summed E-state index contributed by atoms with van der Waals surface area (Å²) in [7, 11) is 0. The van der Waals surface area contributed by atoms with Crippen LogP contribution >= 0.6 is 0 Å². The number of aromatic nitrogens is 3. The van der Waals surface area contributed by atoms with Gasteiger partial charge in [0.25, 0.3) is 0 Å². The van der Waals surface area contributed by atoms with E-state index < -0.39 is 0 Å². The summed E-state index contributed by atoms with van der Waals surface area (Å²) in [6.07, 6.45) is 0.665. The summed E-state index contributed by atoms with van der Waals surface area (Å²) in [5.74, 6) is 0.873. The Hall–Kier alpha value is -3.86. The van der Waals surface area contributed by atoms with Gasteiger partial charge in [0, 0.05) is 29.6 Å². The third-order valence-electron chi connectivity index (χ3n) is 5.30. The highest BCUT2D eigenvalue weighted by Crippen LogP contribution is 2.28. The zero-order chi connectivity index (χ0) is 20.3. The Morgan fingerprint density at radius 1 is 0.933 bits per heavy atom. The summed E-state index contributed by atoms with van der Waals surface area (Å²) in [6.45, 7) is 0.816. The summed E-state index contributed by atoms with van der Waals surface area (Å²) >= 11 is 0. The number of benzene rings is 3. The minimum absolute atomic E-state index is 0.00959. The van der Waals surface area contributed by atoms with Gasteiger partial charge in [0.15, 0.2) is 0 Å². The highest BCUT2D eigenvalue weighted by atomic mass is 16.1. The molecule has 0 spiro atoms. The molecule has 0 saturated heterocycles. The topological polar surface area (TPSA) is 62.7 Å². The second-order valence-corrected chi connectivity index (χ2v) is 7.34. The molecule has 5 nitrogen and oxygen atoms in total. The van der Waals surface area contributed by atoms with Gasteiger partial charge in [-0.3, -0.25) is 4.79 Å². The third kappa shape index (κ3) is 3.57. The van der Waals surface area contributed by atoms with E-state index in [9.17, 15) is 4.79 Å². The van der Waals surface area contributed by atoms with E-state index in [4.69, 9.17) is 0 Å². The van der Waals surface area contributed by atoms with Crippen LogP contribution in [0.15, 0.2) is 84.9 Å². The Morgan fingerprint density at radius 3 is 2.57 bits per heavy atom. The summed E-state index contributed by atoms with van der Waals surface area (Å²) in [4.78, 5) is 20.6. The molecule has 148 valence electrons. The van der Waals surface area contributed by atoms with Crippen LogP contribution in [-0.2, 0) is 17.8 Å². The molecule has 5 heteroatoms. The smallest absolute Gasteiger partial charge is 0.239 e. The van der Waals surface area contributed by atoms with Crippen molar-refractivity contribution < 1.29 is 4.79 Å². The van der Waals surface area contributed by atoms with Gasteiger partial charge in [-0.15, -0.1) is 0 Å². The van der Waals surface area contributed by atoms with Crippen LogP contribution < -0.4 is 5.32 Å². The number of carbonyl (C=O) groups excluding carboxylic acids is 1. The van der Waals surface area contributed by atoms with Crippen molar-refractivity contribution in [2.24, 2.45) is 0 Å². The van der Waals surface area contributed by atoms with Crippen molar-refractivity contribution in [3.05, 3.63) is 90.8 Å². The SMILES string of the molecule is O=C(Cn1c(-c2ccccc2)cc2ccccc21)NCCc1nc2ccccc2[nH]1. The highest BCUT2D eigenvalue weighted by Gasteiger charge is 2.13. The van der Waals surface area contributed by atoms with Crippen molar-refractivity contribution in [3.8, 4) is 11.3 Å². The minimum atomic E-state index is -0.00959. The zero-order valence-corrected chi connectivity index (χ0v) is 16.5. The normalized spacial score (nSPS) is 11.2. The van der Waals surface area contributed by atoms with Gasteiger partial charge >= 0.3 is 0 Å². The number of amides is 1. The molecule has 2 aromatic heterocycles. The number of hydrogen-bond acceptors (Lipinski definition) is 2. The maximum absolute atomic E-state index is 12.7. The Kier molecular flexibility index (Phi) is 4.77. The molecule has 0 aliphatic heterocycles. The van der Waals surface area contributed by atoms with Crippen LogP contribution in [0.3, 0.4) is 0 Å². The Bertz CT molecular complexity index is 1280. The number of hydrogen-bond donors (Lipinski definition) is 2. The first-order chi connectivity index (χ1) is 14.8. The number of nitrogens with one attached hydrogen (secondary N) is 2. The average molecular weight is 394 g/mol. The molecule has 0 fully saturated rings. The van der Waals surface area contributed by atoms with Gasteiger partial charge in [0.2, 0.25) is 5.91 Å². The van der Waals surface area contributed by atoms with Crippen molar-refractivity contribution in [2.75, 3.05) is 6.54 Å². The van der Waals surface area contributed by atoms with E-state index in [-0.39, 0.29) is 12.5 Å². The molecular formula is C25H22N4O. The molecule has 0 aliphatic carbocycles. The maximum Gasteiger partial charge on any atom is 0.239 e. The van der Waals surface area contributed by atoms with Crippen molar-refractivity contribution in [2.45, 2.75) is 13.0 Å². The summed E-state index contributed by atoms with van der Waals surface area (Å²) < 4.78 is 2.08. The highest BCUT2D eigenvalue weighted by molar-refractivity contribution is 5.89. The van der Waals surface area contributed by atoms with Crippen LogP contribution in [0.1, 0.15) is 5.82 Å². The predicted molar refractivity (Wildman–Crippen MR) is 120 cm³/mol. The van der Waals surface area contributed by atoms with Gasteiger partial charge in [-0.1, -0.05) is 60.7 Å². The first-order valence-electron chi connectivity index (χ1n) is 10.1. The lowest BCUT2D eigenvalue weighted by atomic mass is 10.1. The van der Waals surface area contributed by atoms with Crippen LogP contribution in [0.25, 0.3) is 33.2 Å². The van der Waals surface area contributed by atoms with Gasteiger partial charge < -0.3 is 14.9 Å². The average Bonchev–Trinajstić information content (AvgIpc) is 3.36. The van der Waals surface area contributed by atoms with Crippen LogP contribution in [0.4, 0.5) is 0 Å². The van der Waals surface area contributed by atoms with Gasteiger partial charge in [0.1, 0.15) is 12.4 Å². The Balaban J connectivity index is 1.31. The Morgan fingerprint density at radius 2 is 1.70 bits per heavy atom. The van der Waals surface area contributed by atoms with E-state index in [0.29, 0.717) is 13.0 Å². The summed E-state index contributed by atoms with van der Waals surface area (Å²) in [5, 5.41) is 4.17. The van der Waals surface area contributed by atoms with E-state index in [1.165, 1.54) is 0 Å². The summed E-state index contributed by atoms with van der Waals surface area (Å²) in [5.41, 5.74) is 5.17. The second kappa shape index (κ2) is 7.87. The number of rotatable bonds is 6.